The van der Waals surface area contributed by atoms with Crippen molar-refractivity contribution < 1.29 is 23.8 Å². The molecule has 1 atom stereocenters. The summed E-state index contributed by atoms with van der Waals surface area (Å²) in [4.78, 5) is 36.4. The van der Waals surface area contributed by atoms with Gasteiger partial charge in [-0.15, -0.1) is 0 Å². The highest BCUT2D eigenvalue weighted by atomic mass is 35.5. The number of para-hydroxylation sites is 1. The monoisotopic (exact) mass is 534 g/mol. The summed E-state index contributed by atoms with van der Waals surface area (Å²) in [6.45, 7) is 2.54. The van der Waals surface area contributed by atoms with Gasteiger partial charge >= 0.3 is 0 Å². The van der Waals surface area contributed by atoms with Crippen molar-refractivity contribution in [1.29, 1.82) is 0 Å². The molecule has 5 rings (SSSR count). The number of hydrogen-bond acceptors (Lipinski definition) is 7. The molecule has 9 nitrogen and oxygen atoms in total. The van der Waals surface area contributed by atoms with Crippen LogP contribution in [0.1, 0.15) is 22.8 Å². The molecule has 0 saturated heterocycles. The van der Waals surface area contributed by atoms with Crippen LogP contribution in [0.4, 0.5) is 11.4 Å². The molecular formula is C28H27ClN4O5. The van der Waals surface area contributed by atoms with E-state index in [-0.39, 0.29) is 23.3 Å². The molecule has 0 radical (unpaired) electrons. The molecule has 0 unspecified atom stereocenters. The predicted octanol–water partition coefficient (Wildman–Crippen LogP) is 5.05. The highest BCUT2D eigenvalue weighted by Gasteiger charge is 2.44. The van der Waals surface area contributed by atoms with E-state index in [1.54, 1.807) is 49.5 Å². The summed E-state index contributed by atoms with van der Waals surface area (Å²) in [6, 6.07) is 14.3. The maximum Gasteiger partial charge on any atom is 0.254 e. The van der Waals surface area contributed by atoms with Gasteiger partial charge < -0.3 is 29.4 Å². The molecule has 10 heteroatoms. The fraction of sp³-hybridized carbons (Fsp3) is 0.250. The molecule has 0 aliphatic carbocycles. The second-order valence-corrected chi connectivity index (χ2v) is 9.58. The molecule has 0 saturated carbocycles. The fourth-order valence-electron chi connectivity index (χ4n) is 4.64. The molecule has 1 aliphatic rings. The van der Waals surface area contributed by atoms with Crippen molar-refractivity contribution in [3.8, 4) is 11.5 Å². The molecule has 2 aromatic carbocycles. The number of ketones is 1. The fourth-order valence-corrected chi connectivity index (χ4v) is 4.89. The number of benzene rings is 2. The number of methoxy groups -OCH3 is 2. The van der Waals surface area contributed by atoms with Crippen molar-refractivity contribution in [3.05, 3.63) is 77.1 Å². The number of carbonyl (C=O) groups excluding carboxylic acids is 2. The number of H-pyrrole nitrogens is 1. The lowest BCUT2D eigenvalue weighted by Gasteiger charge is -2.41. The molecule has 2 N–H and O–H groups in total. The van der Waals surface area contributed by atoms with Gasteiger partial charge in [0.1, 0.15) is 22.7 Å². The standard InChI is InChI=1S/C28H27ClN4O5/c1-28(16-37-3)27(35)33(11-12-36-2)22-15-31-26-23(24(22)32-28)20(14-30-26)25(34)19-10-9-18(13-21(19)29)38-17-7-5-4-6-8-17/h4-10,13-15,32H,11-12,16H2,1-3H3,(H,30,31)/t28-/m0/s1. The van der Waals surface area contributed by atoms with Gasteiger partial charge in [-0.3, -0.25) is 9.59 Å². The van der Waals surface area contributed by atoms with Gasteiger partial charge in [-0.05, 0) is 31.2 Å². The lowest BCUT2D eigenvalue weighted by molar-refractivity contribution is -0.124. The normalized spacial score (nSPS) is 16.8. The van der Waals surface area contributed by atoms with Gasteiger partial charge in [0.05, 0.1) is 46.8 Å². The van der Waals surface area contributed by atoms with Crippen LogP contribution in [0.25, 0.3) is 11.0 Å². The lowest BCUT2D eigenvalue weighted by Crippen LogP contribution is -2.58. The maximum atomic E-state index is 13.8. The van der Waals surface area contributed by atoms with E-state index in [1.807, 2.05) is 30.3 Å². The second kappa shape index (κ2) is 10.4. The van der Waals surface area contributed by atoms with Crippen LogP contribution in [-0.2, 0) is 14.3 Å². The predicted molar refractivity (Wildman–Crippen MR) is 146 cm³/mol. The molecule has 3 heterocycles. The minimum Gasteiger partial charge on any atom is -0.457 e. The van der Waals surface area contributed by atoms with E-state index in [4.69, 9.17) is 25.8 Å². The number of nitrogens with zero attached hydrogens (tertiary/aromatic N) is 2. The largest absolute Gasteiger partial charge is 0.457 e. The first kappa shape index (κ1) is 25.7. The lowest BCUT2D eigenvalue weighted by atomic mass is 9.94. The number of carbonyl (C=O) groups is 2. The molecule has 1 aliphatic heterocycles. The number of nitrogens with one attached hydrogen (secondary N) is 2. The highest BCUT2D eigenvalue weighted by Crippen LogP contribution is 2.42. The summed E-state index contributed by atoms with van der Waals surface area (Å²) in [5, 5.41) is 4.15. The third-order valence-electron chi connectivity index (χ3n) is 6.45. The van der Waals surface area contributed by atoms with Gasteiger partial charge in [-0.25, -0.2) is 4.98 Å². The van der Waals surface area contributed by atoms with E-state index < -0.39 is 5.54 Å². The first-order chi connectivity index (χ1) is 18.4. The third-order valence-corrected chi connectivity index (χ3v) is 6.76. The Hall–Kier alpha value is -3.92. The Balaban J connectivity index is 1.56. The smallest absolute Gasteiger partial charge is 0.254 e. The second-order valence-electron chi connectivity index (χ2n) is 9.17. The van der Waals surface area contributed by atoms with Crippen molar-refractivity contribution in [2.75, 3.05) is 44.2 Å². The molecular weight excluding hydrogens is 508 g/mol. The van der Waals surface area contributed by atoms with Crippen molar-refractivity contribution in [2.45, 2.75) is 12.5 Å². The van der Waals surface area contributed by atoms with E-state index in [0.717, 1.165) is 0 Å². The Bertz CT molecular complexity index is 1510. The Morgan fingerprint density at radius 1 is 1.08 bits per heavy atom. The SMILES string of the molecule is COCCN1C(=O)[C@](C)(COC)Nc2c1cnc1[nH]cc(C(=O)c3ccc(Oc4ccccc4)cc3Cl)c21. The zero-order valence-electron chi connectivity index (χ0n) is 21.2. The van der Waals surface area contributed by atoms with Crippen molar-refractivity contribution in [3.63, 3.8) is 0 Å². The Morgan fingerprint density at radius 3 is 2.58 bits per heavy atom. The molecule has 38 heavy (non-hydrogen) atoms. The summed E-state index contributed by atoms with van der Waals surface area (Å²) in [7, 11) is 3.11. The summed E-state index contributed by atoms with van der Waals surface area (Å²) in [5.41, 5.74) is 1.29. The van der Waals surface area contributed by atoms with E-state index in [2.05, 4.69) is 15.3 Å². The van der Waals surface area contributed by atoms with Crippen LogP contribution in [0, 0.1) is 0 Å². The topological polar surface area (TPSA) is 106 Å². The summed E-state index contributed by atoms with van der Waals surface area (Å²) < 4.78 is 16.5. The number of ether oxygens (including phenoxy) is 3. The van der Waals surface area contributed by atoms with Crippen LogP contribution in [0.2, 0.25) is 5.02 Å². The van der Waals surface area contributed by atoms with Crippen LogP contribution in [0.3, 0.4) is 0 Å². The number of fused-ring (bicyclic) bond motifs is 3. The van der Waals surface area contributed by atoms with Crippen LogP contribution in [0.15, 0.2) is 60.9 Å². The van der Waals surface area contributed by atoms with Crippen molar-refractivity contribution >= 4 is 45.7 Å². The first-order valence-electron chi connectivity index (χ1n) is 12.0. The van der Waals surface area contributed by atoms with Gasteiger partial charge in [0.2, 0.25) is 0 Å². The molecule has 2 aromatic heterocycles. The van der Waals surface area contributed by atoms with Crippen LogP contribution in [-0.4, -0.2) is 61.2 Å². The molecule has 1 amide bonds. The van der Waals surface area contributed by atoms with Gasteiger partial charge in [-0.1, -0.05) is 29.8 Å². The quantitative estimate of drug-likeness (QED) is 0.289. The Kier molecular flexibility index (Phi) is 7.07. The minimum absolute atomic E-state index is 0.126. The zero-order valence-corrected chi connectivity index (χ0v) is 22.0. The summed E-state index contributed by atoms with van der Waals surface area (Å²) >= 11 is 6.56. The van der Waals surface area contributed by atoms with Gasteiger partial charge in [0.15, 0.2) is 5.78 Å². The number of amides is 1. The molecule has 4 aromatic rings. The zero-order chi connectivity index (χ0) is 26.9. The summed E-state index contributed by atoms with van der Waals surface area (Å²) in [6.07, 6.45) is 3.22. The number of pyridine rings is 1. The maximum absolute atomic E-state index is 13.8. The van der Waals surface area contributed by atoms with Crippen molar-refractivity contribution in [1.82, 2.24) is 9.97 Å². The molecule has 0 bridgehead atoms. The molecule has 196 valence electrons. The minimum atomic E-state index is -1.06. The summed E-state index contributed by atoms with van der Waals surface area (Å²) in [5.74, 6) is 0.707. The van der Waals surface area contributed by atoms with Gasteiger partial charge in [0.25, 0.3) is 5.91 Å². The third kappa shape index (κ3) is 4.60. The number of aromatic amines is 1. The van der Waals surface area contributed by atoms with E-state index in [0.29, 0.717) is 58.2 Å². The number of halogens is 1. The van der Waals surface area contributed by atoms with Crippen LogP contribution in [0.5, 0.6) is 11.5 Å². The van der Waals surface area contributed by atoms with E-state index in [9.17, 15) is 9.59 Å². The average molecular weight is 535 g/mol. The van der Waals surface area contributed by atoms with Gasteiger partial charge in [0, 0.05) is 38.6 Å². The average Bonchev–Trinajstić information content (AvgIpc) is 3.34. The van der Waals surface area contributed by atoms with Crippen LogP contribution >= 0.6 is 11.6 Å². The number of aromatic nitrogens is 2. The Labute approximate surface area is 224 Å². The number of hydrogen-bond donors (Lipinski definition) is 2. The first-order valence-corrected chi connectivity index (χ1v) is 12.4. The van der Waals surface area contributed by atoms with Crippen molar-refractivity contribution in [2.24, 2.45) is 0 Å². The Morgan fingerprint density at radius 2 is 1.87 bits per heavy atom. The van der Waals surface area contributed by atoms with E-state index >= 15 is 0 Å². The number of rotatable bonds is 9. The van der Waals surface area contributed by atoms with E-state index in [1.165, 1.54) is 7.11 Å². The van der Waals surface area contributed by atoms with Gasteiger partial charge in [-0.2, -0.15) is 0 Å². The number of anilines is 2. The van der Waals surface area contributed by atoms with Crippen LogP contribution < -0.4 is 15.0 Å². The molecule has 0 fully saturated rings. The highest BCUT2D eigenvalue weighted by molar-refractivity contribution is 6.36. The molecule has 0 spiro atoms.